The Labute approximate surface area is 275 Å². The van der Waals surface area contributed by atoms with Gasteiger partial charge in [-0.1, -0.05) is 23.7 Å². The number of nitrogens with zero attached hydrogens (tertiary/aromatic N) is 3. The lowest BCUT2D eigenvalue weighted by atomic mass is 9.87. The van der Waals surface area contributed by atoms with Gasteiger partial charge in [-0.25, -0.2) is 9.59 Å². The number of carbonyl (C=O) groups is 3. The number of amides is 3. The van der Waals surface area contributed by atoms with Crippen molar-refractivity contribution in [2.75, 3.05) is 38.3 Å². The number of alkyl carbamates (subject to hydrolysis) is 1. The van der Waals surface area contributed by atoms with E-state index in [1.807, 2.05) is 46.8 Å². The first-order valence-corrected chi connectivity index (χ1v) is 16.1. The summed E-state index contributed by atoms with van der Waals surface area (Å²) in [6.07, 6.45) is 1.04. The SMILES string of the molecule is COc1nc(N2CCC(C(C)(C)NC(=O)OC(C)(C)C)C2)c(O[C@H]2CCN3C(=O)OC[C@@H]3C2)cc1C(=O)NCc1ccc(Cl)cc1. The normalized spacial score (nSPS) is 21.4. The Balaban J connectivity index is 1.38. The molecule has 5 rings (SSSR count). The molecule has 3 amide bonds. The third-order valence-corrected chi connectivity index (χ3v) is 8.92. The van der Waals surface area contributed by atoms with E-state index in [-0.39, 0.29) is 41.5 Å². The average molecular weight is 658 g/mol. The fraction of sp³-hybridized carbons (Fsp3) is 0.576. The molecule has 3 fully saturated rings. The molecule has 0 radical (unpaired) electrons. The van der Waals surface area contributed by atoms with E-state index in [1.54, 1.807) is 23.1 Å². The second kappa shape index (κ2) is 13.4. The van der Waals surface area contributed by atoms with Crippen LogP contribution in [0.25, 0.3) is 0 Å². The van der Waals surface area contributed by atoms with E-state index in [9.17, 15) is 14.4 Å². The molecule has 2 N–H and O–H groups in total. The minimum absolute atomic E-state index is 0.0565. The lowest BCUT2D eigenvalue weighted by Gasteiger charge is -2.34. The third kappa shape index (κ3) is 7.89. The molecule has 0 bridgehead atoms. The van der Waals surface area contributed by atoms with Gasteiger partial charge >= 0.3 is 12.2 Å². The van der Waals surface area contributed by atoms with Crippen LogP contribution in [0.15, 0.2) is 30.3 Å². The van der Waals surface area contributed by atoms with E-state index in [2.05, 4.69) is 15.5 Å². The Hall–Kier alpha value is -3.93. The zero-order valence-corrected chi connectivity index (χ0v) is 28.1. The highest BCUT2D eigenvalue weighted by atomic mass is 35.5. The van der Waals surface area contributed by atoms with E-state index in [0.29, 0.717) is 62.2 Å². The molecule has 46 heavy (non-hydrogen) atoms. The van der Waals surface area contributed by atoms with Crippen LogP contribution < -0.4 is 25.0 Å². The van der Waals surface area contributed by atoms with E-state index < -0.39 is 17.2 Å². The largest absolute Gasteiger partial charge is 0.486 e. The van der Waals surface area contributed by atoms with E-state index in [1.165, 1.54) is 7.11 Å². The minimum Gasteiger partial charge on any atom is -0.486 e. The number of hydrogen-bond acceptors (Lipinski definition) is 9. The molecule has 0 spiro atoms. The second-order valence-electron chi connectivity index (χ2n) is 13.6. The fourth-order valence-electron chi connectivity index (χ4n) is 6.14. The van der Waals surface area contributed by atoms with Crippen LogP contribution >= 0.6 is 11.6 Å². The zero-order chi connectivity index (χ0) is 33.2. The second-order valence-corrected chi connectivity index (χ2v) is 14.1. The summed E-state index contributed by atoms with van der Waals surface area (Å²) >= 11 is 6.01. The standard InChI is InChI=1S/C33H44ClN5O7/c1-32(2,3)46-30(41)37-33(4,5)21-11-13-38(18-21)27-26(45-24-12-14-39-23(15-24)19-44-31(39)42)16-25(29(36-27)43-6)28(40)35-17-20-7-9-22(34)10-8-20/h7-10,16,21,23-24H,11-15,17-19H2,1-6H3,(H,35,40)(H,37,41)/t21?,23-,24-/m0/s1. The molecule has 13 heteroatoms. The summed E-state index contributed by atoms with van der Waals surface area (Å²) in [5.41, 5.74) is -0.0323. The maximum atomic E-state index is 13.5. The number of benzene rings is 1. The molecule has 0 saturated carbocycles. The number of cyclic esters (lactones) is 1. The monoisotopic (exact) mass is 657 g/mol. The first-order valence-electron chi connectivity index (χ1n) is 15.7. The molecule has 3 atom stereocenters. The van der Waals surface area contributed by atoms with Crippen molar-refractivity contribution in [1.82, 2.24) is 20.5 Å². The number of hydrogen-bond donors (Lipinski definition) is 2. The maximum absolute atomic E-state index is 13.5. The van der Waals surface area contributed by atoms with Crippen molar-refractivity contribution in [1.29, 1.82) is 0 Å². The van der Waals surface area contributed by atoms with Gasteiger partial charge in [-0.05, 0) is 58.7 Å². The Morgan fingerprint density at radius 3 is 2.54 bits per heavy atom. The number of fused-ring (bicyclic) bond motifs is 1. The van der Waals surface area contributed by atoms with E-state index >= 15 is 0 Å². The third-order valence-electron chi connectivity index (χ3n) is 8.66. The molecule has 4 heterocycles. The number of anilines is 1. The summed E-state index contributed by atoms with van der Waals surface area (Å²) in [5.74, 6) is 0.910. The molecular weight excluding hydrogens is 614 g/mol. The van der Waals surface area contributed by atoms with Crippen LogP contribution in [-0.2, 0) is 16.0 Å². The number of ether oxygens (including phenoxy) is 4. The molecule has 2 aromatic rings. The van der Waals surface area contributed by atoms with Crippen LogP contribution in [0.3, 0.4) is 0 Å². The Kier molecular flexibility index (Phi) is 9.76. The summed E-state index contributed by atoms with van der Waals surface area (Å²) in [6, 6.07) is 8.88. The van der Waals surface area contributed by atoms with E-state index in [0.717, 1.165) is 12.0 Å². The van der Waals surface area contributed by atoms with Gasteiger partial charge in [-0.3, -0.25) is 4.79 Å². The van der Waals surface area contributed by atoms with E-state index in [4.69, 9.17) is 35.5 Å². The van der Waals surface area contributed by atoms with Gasteiger partial charge in [0.1, 0.15) is 23.9 Å². The topological polar surface area (TPSA) is 132 Å². The fourth-order valence-corrected chi connectivity index (χ4v) is 6.27. The molecule has 250 valence electrons. The summed E-state index contributed by atoms with van der Waals surface area (Å²) in [6.45, 7) is 11.9. The summed E-state index contributed by atoms with van der Waals surface area (Å²) < 4.78 is 23.0. The van der Waals surface area contributed by atoms with Crippen LogP contribution in [0.5, 0.6) is 11.6 Å². The predicted octanol–water partition coefficient (Wildman–Crippen LogP) is 5.17. The highest BCUT2D eigenvalue weighted by molar-refractivity contribution is 6.30. The first-order chi connectivity index (χ1) is 21.7. The van der Waals surface area contributed by atoms with Crippen LogP contribution in [0.4, 0.5) is 15.4 Å². The van der Waals surface area contributed by atoms with Gasteiger partial charge in [0, 0.05) is 61.6 Å². The van der Waals surface area contributed by atoms with Gasteiger partial charge in [-0.15, -0.1) is 0 Å². The van der Waals surface area contributed by atoms with Crippen LogP contribution in [-0.4, -0.2) is 84.6 Å². The number of carbonyl (C=O) groups excluding carboxylic acids is 3. The lowest BCUT2D eigenvalue weighted by molar-refractivity contribution is 0.0441. The number of nitrogens with one attached hydrogen (secondary N) is 2. The van der Waals surface area contributed by atoms with Crippen molar-refractivity contribution in [3.8, 4) is 11.6 Å². The Morgan fingerprint density at radius 1 is 1.11 bits per heavy atom. The Morgan fingerprint density at radius 2 is 1.85 bits per heavy atom. The highest BCUT2D eigenvalue weighted by Crippen LogP contribution is 2.39. The molecule has 3 saturated heterocycles. The maximum Gasteiger partial charge on any atom is 0.410 e. The molecular formula is C33H44ClN5O7. The van der Waals surface area contributed by atoms with Crippen molar-refractivity contribution < 1.29 is 33.3 Å². The molecule has 1 unspecified atom stereocenters. The van der Waals surface area contributed by atoms with Crippen LogP contribution in [0.2, 0.25) is 5.02 Å². The molecule has 1 aromatic carbocycles. The van der Waals surface area contributed by atoms with Gasteiger partial charge in [-0.2, -0.15) is 4.98 Å². The highest BCUT2D eigenvalue weighted by Gasteiger charge is 2.41. The number of aromatic nitrogens is 1. The Bertz CT molecular complexity index is 1450. The van der Waals surface area contributed by atoms with Crippen LogP contribution in [0.1, 0.15) is 69.8 Å². The lowest BCUT2D eigenvalue weighted by Crippen LogP contribution is -2.51. The summed E-state index contributed by atoms with van der Waals surface area (Å²) in [7, 11) is 1.48. The minimum atomic E-state index is -0.606. The van der Waals surface area contributed by atoms with Gasteiger partial charge in [0.2, 0.25) is 5.88 Å². The molecule has 1 aromatic heterocycles. The molecule has 3 aliphatic rings. The summed E-state index contributed by atoms with van der Waals surface area (Å²) in [4.78, 5) is 46.8. The van der Waals surface area contributed by atoms with Crippen LogP contribution in [0, 0.1) is 5.92 Å². The molecule has 12 nitrogen and oxygen atoms in total. The van der Waals surface area contributed by atoms with Crippen molar-refractivity contribution in [3.05, 3.63) is 46.5 Å². The average Bonchev–Trinajstić information content (AvgIpc) is 3.63. The predicted molar refractivity (Wildman–Crippen MR) is 173 cm³/mol. The number of piperidine rings is 1. The number of halogens is 1. The van der Waals surface area contributed by atoms with Gasteiger partial charge in [0.15, 0.2) is 11.6 Å². The van der Waals surface area contributed by atoms with Gasteiger partial charge in [0.05, 0.1) is 13.2 Å². The summed E-state index contributed by atoms with van der Waals surface area (Å²) in [5, 5.41) is 6.60. The van der Waals surface area contributed by atoms with Gasteiger partial charge < -0.3 is 39.4 Å². The van der Waals surface area contributed by atoms with Crippen molar-refractivity contribution in [3.63, 3.8) is 0 Å². The van der Waals surface area contributed by atoms with Crippen molar-refractivity contribution in [2.45, 2.75) is 83.7 Å². The number of rotatable bonds is 9. The molecule has 0 aliphatic carbocycles. The quantitative estimate of drug-likeness (QED) is 0.375. The van der Waals surface area contributed by atoms with Gasteiger partial charge in [0.25, 0.3) is 5.91 Å². The first kappa shape index (κ1) is 33.4. The number of pyridine rings is 1. The number of methoxy groups -OCH3 is 1. The van der Waals surface area contributed by atoms with Crippen molar-refractivity contribution in [2.24, 2.45) is 5.92 Å². The molecule has 3 aliphatic heterocycles. The van der Waals surface area contributed by atoms with Crippen molar-refractivity contribution >= 4 is 35.5 Å². The smallest absolute Gasteiger partial charge is 0.410 e. The zero-order valence-electron chi connectivity index (χ0n) is 27.4.